The Kier molecular flexibility index (Phi) is 3.85. The predicted octanol–water partition coefficient (Wildman–Crippen LogP) is 4.80. The first-order valence-corrected chi connectivity index (χ1v) is 8.59. The van der Waals surface area contributed by atoms with E-state index in [2.05, 4.69) is 5.32 Å². The second-order valence-electron chi connectivity index (χ2n) is 6.28. The molecule has 0 radical (unpaired) electrons. The molecule has 1 aliphatic heterocycles. The summed E-state index contributed by atoms with van der Waals surface area (Å²) in [6.45, 7) is 0. The van der Waals surface area contributed by atoms with Crippen molar-refractivity contribution in [2.24, 2.45) is 5.92 Å². The highest BCUT2D eigenvalue weighted by molar-refractivity contribution is 6.33. The maximum absolute atomic E-state index is 12.5. The van der Waals surface area contributed by atoms with Crippen molar-refractivity contribution in [2.75, 3.05) is 5.32 Å². The van der Waals surface area contributed by atoms with Crippen LogP contribution >= 0.6 is 23.2 Å². The normalized spacial score (nSPS) is 23.7. The number of nitrogens with zero attached hydrogens (tertiary/aromatic N) is 1. The predicted molar refractivity (Wildman–Crippen MR) is 95.4 cm³/mol. The molecule has 0 saturated heterocycles. The minimum Gasteiger partial charge on any atom is -0.871 e. The highest BCUT2D eigenvalue weighted by Gasteiger charge is 2.42. The summed E-state index contributed by atoms with van der Waals surface area (Å²) in [4.78, 5) is 11.0. The standard InChI is InChI=1S/C18H14Cl2N2O3/c19-10-6-4-9(5-7-10)16-12-3-1-2-11(12)15-17(21-16)14(23)8-13(20)18(15)22(24)25/h1-2,4-8,11-12,16,21,23H,3H2/p-1/t11-,12+,16-/m1/s1. The van der Waals surface area contributed by atoms with E-state index < -0.39 is 4.92 Å². The van der Waals surface area contributed by atoms with Crippen LogP contribution in [0.2, 0.25) is 10.0 Å². The Bertz CT molecular complexity index is 896. The van der Waals surface area contributed by atoms with E-state index in [1.807, 2.05) is 24.3 Å². The number of hydrogen-bond acceptors (Lipinski definition) is 4. The number of hydrogen-bond donors (Lipinski definition) is 1. The van der Waals surface area contributed by atoms with Gasteiger partial charge in [-0.15, -0.1) is 0 Å². The van der Waals surface area contributed by atoms with Crippen LogP contribution < -0.4 is 10.4 Å². The molecule has 0 aromatic heterocycles. The van der Waals surface area contributed by atoms with Gasteiger partial charge in [-0.25, -0.2) is 0 Å². The number of fused-ring (bicyclic) bond motifs is 3. The number of halogens is 2. The van der Waals surface area contributed by atoms with E-state index in [0.717, 1.165) is 18.1 Å². The second-order valence-corrected chi connectivity index (χ2v) is 7.12. The Labute approximate surface area is 154 Å². The van der Waals surface area contributed by atoms with Crippen molar-refractivity contribution >= 4 is 34.6 Å². The summed E-state index contributed by atoms with van der Waals surface area (Å²) < 4.78 is 0. The summed E-state index contributed by atoms with van der Waals surface area (Å²) in [6, 6.07) is 8.41. The van der Waals surface area contributed by atoms with Crippen molar-refractivity contribution in [3.05, 3.63) is 73.8 Å². The highest BCUT2D eigenvalue weighted by Crippen LogP contribution is 2.55. The van der Waals surface area contributed by atoms with Crippen LogP contribution in [0.25, 0.3) is 0 Å². The Morgan fingerprint density at radius 2 is 1.92 bits per heavy atom. The molecule has 3 atom stereocenters. The summed E-state index contributed by atoms with van der Waals surface area (Å²) in [7, 11) is 0. The molecule has 1 aliphatic carbocycles. The van der Waals surface area contributed by atoms with E-state index in [4.69, 9.17) is 23.2 Å². The number of allylic oxidation sites excluding steroid dienone is 2. The molecule has 2 aromatic rings. The van der Waals surface area contributed by atoms with Crippen LogP contribution in [0.4, 0.5) is 11.4 Å². The fraction of sp³-hybridized carbons (Fsp3) is 0.222. The molecular weight excluding hydrogens is 363 g/mol. The molecule has 128 valence electrons. The summed E-state index contributed by atoms with van der Waals surface area (Å²) in [5.74, 6) is -0.475. The number of rotatable bonds is 2. The third-order valence-corrected chi connectivity index (χ3v) is 5.48. The zero-order valence-electron chi connectivity index (χ0n) is 12.9. The van der Waals surface area contributed by atoms with Crippen molar-refractivity contribution in [2.45, 2.75) is 18.4 Å². The fourth-order valence-corrected chi connectivity index (χ4v) is 4.28. The lowest BCUT2D eigenvalue weighted by atomic mass is 9.76. The molecule has 0 bridgehead atoms. The van der Waals surface area contributed by atoms with E-state index in [-0.39, 0.29) is 40.0 Å². The second kappa shape index (κ2) is 5.93. The third kappa shape index (κ3) is 2.55. The molecule has 2 aromatic carbocycles. The molecule has 0 unspecified atom stereocenters. The van der Waals surface area contributed by atoms with E-state index in [1.54, 1.807) is 12.1 Å². The Morgan fingerprint density at radius 3 is 2.60 bits per heavy atom. The van der Waals surface area contributed by atoms with Gasteiger partial charge in [0.05, 0.1) is 16.5 Å². The zero-order valence-corrected chi connectivity index (χ0v) is 14.4. The van der Waals surface area contributed by atoms with Crippen molar-refractivity contribution in [3.63, 3.8) is 0 Å². The van der Waals surface area contributed by atoms with Gasteiger partial charge in [-0.3, -0.25) is 10.1 Å². The summed E-state index contributed by atoms with van der Waals surface area (Å²) >= 11 is 12.0. The Balaban J connectivity index is 1.89. The molecule has 7 heteroatoms. The third-order valence-electron chi connectivity index (χ3n) is 4.94. The molecule has 4 rings (SSSR count). The zero-order chi connectivity index (χ0) is 17.7. The van der Waals surface area contributed by atoms with Crippen molar-refractivity contribution in [3.8, 4) is 5.75 Å². The minimum atomic E-state index is -0.506. The van der Waals surface area contributed by atoms with Crippen molar-refractivity contribution < 1.29 is 10.0 Å². The van der Waals surface area contributed by atoms with Gasteiger partial charge < -0.3 is 10.4 Å². The smallest absolute Gasteiger partial charge is 0.293 e. The molecular formula is C18H13Cl2N2O3-. The van der Waals surface area contributed by atoms with E-state index >= 15 is 0 Å². The maximum Gasteiger partial charge on any atom is 0.293 e. The first-order chi connectivity index (χ1) is 12.0. The number of nitro benzene ring substituents is 1. The lowest BCUT2D eigenvalue weighted by molar-refractivity contribution is -0.385. The summed E-state index contributed by atoms with van der Waals surface area (Å²) in [5.41, 5.74) is 1.47. The van der Waals surface area contributed by atoms with Gasteiger partial charge in [0.2, 0.25) is 0 Å². The molecule has 0 amide bonds. The number of benzene rings is 2. The van der Waals surface area contributed by atoms with Gasteiger partial charge in [-0.2, -0.15) is 0 Å². The SMILES string of the molecule is O=[N+]([O-])c1c(Cl)cc([O-])c2c1[C@@H]1C=CC[C@@H]1[C@@H](c1ccc(Cl)cc1)N2. The fourth-order valence-electron chi connectivity index (χ4n) is 3.88. The molecule has 2 aliphatic rings. The van der Waals surface area contributed by atoms with Crippen LogP contribution in [0.3, 0.4) is 0 Å². The Morgan fingerprint density at radius 1 is 1.20 bits per heavy atom. The van der Waals surface area contributed by atoms with Crippen LogP contribution in [-0.2, 0) is 0 Å². The van der Waals surface area contributed by atoms with Gasteiger partial charge >= 0.3 is 0 Å². The molecule has 1 N–H and O–H groups in total. The van der Waals surface area contributed by atoms with Gasteiger partial charge in [0.15, 0.2) is 0 Å². The molecule has 1 heterocycles. The van der Waals surface area contributed by atoms with Gasteiger partial charge in [0.1, 0.15) is 5.02 Å². The maximum atomic E-state index is 12.5. The molecule has 25 heavy (non-hydrogen) atoms. The Hall–Kier alpha value is -2.24. The number of anilines is 1. The van der Waals surface area contributed by atoms with Crippen LogP contribution in [-0.4, -0.2) is 4.92 Å². The van der Waals surface area contributed by atoms with E-state index in [1.165, 1.54) is 0 Å². The lowest BCUT2D eigenvalue weighted by Gasteiger charge is -2.39. The summed E-state index contributed by atoms with van der Waals surface area (Å²) in [6.07, 6.45) is 4.71. The molecule has 0 saturated carbocycles. The van der Waals surface area contributed by atoms with E-state index in [9.17, 15) is 15.2 Å². The monoisotopic (exact) mass is 375 g/mol. The van der Waals surface area contributed by atoms with Crippen molar-refractivity contribution in [1.82, 2.24) is 0 Å². The van der Waals surface area contributed by atoms with E-state index in [0.29, 0.717) is 10.6 Å². The van der Waals surface area contributed by atoms with Crippen LogP contribution in [0, 0.1) is 16.0 Å². The van der Waals surface area contributed by atoms with Gasteiger partial charge in [-0.1, -0.05) is 53.2 Å². The molecule has 5 nitrogen and oxygen atoms in total. The largest absolute Gasteiger partial charge is 0.871 e. The molecule has 0 spiro atoms. The van der Waals surface area contributed by atoms with Crippen LogP contribution in [0.5, 0.6) is 5.75 Å². The van der Waals surface area contributed by atoms with Gasteiger partial charge in [-0.05, 0) is 36.1 Å². The molecule has 0 fully saturated rings. The topological polar surface area (TPSA) is 78.2 Å². The average molecular weight is 376 g/mol. The van der Waals surface area contributed by atoms with Gasteiger partial charge in [0, 0.05) is 16.6 Å². The van der Waals surface area contributed by atoms with Gasteiger partial charge in [0.25, 0.3) is 5.69 Å². The van der Waals surface area contributed by atoms with Crippen molar-refractivity contribution in [1.29, 1.82) is 0 Å². The first-order valence-electron chi connectivity index (χ1n) is 7.84. The number of nitrogens with one attached hydrogen (secondary N) is 1. The van der Waals surface area contributed by atoms with Crippen LogP contribution in [0.15, 0.2) is 42.5 Å². The summed E-state index contributed by atoms with van der Waals surface area (Å²) in [5, 5.41) is 27.8. The average Bonchev–Trinajstić information content (AvgIpc) is 3.04. The quantitative estimate of drug-likeness (QED) is 0.464. The highest BCUT2D eigenvalue weighted by atomic mass is 35.5. The minimum absolute atomic E-state index is 0.0743. The van der Waals surface area contributed by atoms with Crippen LogP contribution in [0.1, 0.15) is 29.5 Å². The number of nitro groups is 1. The first kappa shape index (κ1) is 16.2. The lowest BCUT2D eigenvalue weighted by Crippen LogP contribution is -2.30.